The Labute approximate surface area is 226 Å². The average molecular weight is 529 g/mol. The molecule has 0 aromatic carbocycles. The maximum atomic E-state index is 5.94. The molecule has 208 valence electrons. The van der Waals surface area contributed by atoms with E-state index in [0.717, 1.165) is 23.7 Å². The third kappa shape index (κ3) is 5.92. The van der Waals surface area contributed by atoms with Crippen LogP contribution in [0.4, 0.5) is 0 Å². The van der Waals surface area contributed by atoms with Crippen molar-refractivity contribution >= 4 is 8.07 Å². The summed E-state index contributed by atoms with van der Waals surface area (Å²) in [6, 6.07) is 6.48. The van der Waals surface area contributed by atoms with Crippen molar-refractivity contribution < 1.29 is 18.9 Å². The van der Waals surface area contributed by atoms with Crippen molar-refractivity contribution in [2.75, 3.05) is 0 Å². The molecule has 8 fully saturated rings. The van der Waals surface area contributed by atoms with E-state index in [2.05, 4.69) is 0 Å². The van der Waals surface area contributed by atoms with Gasteiger partial charge < -0.3 is 18.9 Å². The van der Waals surface area contributed by atoms with Crippen LogP contribution in [0.15, 0.2) is 0 Å². The first-order valence-electron chi connectivity index (χ1n) is 16.8. The van der Waals surface area contributed by atoms with Crippen molar-refractivity contribution in [3.05, 3.63) is 0 Å². The molecular weight excluding hydrogens is 476 g/mol. The molecule has 4 aliphatic heterocycles. The van der Waals surface area contributed by atoms with Gasteiger partial charge in [0.1, 0.15) is 0 Å². The van der Waals surface area contributed by atoms with Gasteiger partial charge in [-0.05, 0) is 101 Å². The lowest BCUT2D eigenvalue weighted by Crippen LogP contribution is -2.37. The molecule has 0 aromatic rings. The molecule has 4 aliphatic carbocycles. The van der Waals surface area contributed by atoms with Gasteiger partial charge in [0.15, 0.2) is 0 Å². The number of rotatable bonds is 12. The Morgan fingerprint density at radius 3 is 0.865 bits per heavy atom. The highest BCUT2D eigenvalue weighted by molar-refractivity contribution is 6.79. The summed E-state index contributed by atoms with van der Waals surface area (Å²) in [7, 11) is -1.33. The van der Waals surface area contributed by atoms with Gasteiger partial charge in [-0.1, -0.05) is 49.9 Å². The third-order valence-electron chi connectivity index (χ3n) is 12.8. The maximum absolute atomic E-state index is 5.94. The van der Waals surface area contributed by atoms with Gasteiger partial charge in [-0.3, -0.25) is 0 Å². The molecule has 37 heavy (non-hydrogen) atoms. The summed E-state index contributed by atoms with van der Waals surface area (Å²) < 4.78 is 23.8. The van der Waals surface area contributed by atoms with E-state index in [1.54, 1.807) is 24.2 Å². The van der Waals surface area contributed by atoms with Crippen LogP contribution >= 0.6 is 0 Å². The van der Waals surface area contributed by atoms with Gasteiger partial charge in [0, 0.05) is 0 Å². The van der Waals surface area contributed by atoms with E-state index in [4.69, 9.17) is 18.9 Å². The molecule has 4 saturated carbocycles. The number of hydrogen-bond acceptors (Lipinski definition) is 4. The quantitative estimate of drug-likeness (QED) is 0.197. The van der Waals surface area contributed by atoms with Crippen LogP contribution < -0.4 is 0 Å². The number of epoxide rings is 4. The fourth-order valence-corrected chi connectivity index (χ4v) is 15.4. The normalized spacial score (nSPS) is 50.6. The van der Waals surface area contributed by atoms with E-state index >= 15 is 0 Å². The average Bonchev–Trinajstić information content (AvgIpc) is 3.77. The van der Waals surface area contributed by atoms with Crippen LogP contribution in [-0.4, -0.2) is 56.9 Å². The molecule has 5 heteroatoms. The molecule has 12 atom stereocenters. The second kappa shape index (κ2) is 10.2. The first-order valence-corrected chi connectivity index (χ1v) is 19.6. The summed E-state index contributed by atoms with van der Waals surface area (Å²) in [5.41, 5.74) is 0. The van der Waals surface area contributed by atoms with Gasteiger partial charge >= 0.3 is 0 Å². The van der Waals surface area contributed by atoms with Crippen molar-refractivity contribution in [2.45, 2.75) is 176 Å². The lowest BCUT2D eigenvalue weighted by molar-refractivity contribution is 0.348. The summed E-state index contributed by atoms with van der Waals surface area (Å²) >= 11 is 0. The minimum Gasteiger partial charge on any atom is -0.370 e. The van der Waals surface area contributed by atoms with Crippen LogP contribution in [0.25, 0.3) is 0 Å². The van der Waals surface area contributed by atoms with Crippen LogP contribution in [0.2, 0.25) is 24.2 Å². The van der Waals surface area contributed by atoms with Crippen molar-refractivity contribution in [3.63, 3.8) is 0 Å². The van der Waals surface area contributed by atoms with Crippen molar-refractivity contribution in [3.8, 4) is 0 Å². The summed E-state index contributed by atoms with van der Waals surface area (Å²) in [6.07, 6.45) is 28.0. The van der Waals surface area contributed by atoms with Gasteiger partial charge in [0.25, 0.3) is 0 Å². The standard InChI is InChI=1S/C32H52O4Si/c1-5-25-29(33-25)17-21(1)9-13-37(14-10-22-2-6-26-30(18-22)34-26,15-11-23-3-7-27-31(19-23)35-27)16-12-24-4-8-28-32(20-24)36-28/h21-32H,1-20H2. The molecule has 4 nitrogen and oxygen atoms in total. The molecule has 0 amide bonds. The Morgan fingerprint density at radius 2 is 0.622 bits per heavy atom. The number of ether oxygens (including phenoxy) is 4. The Hall–Kier alpha value is 0.0569. The molecule has 0 radical (unpaired) electrons. The molecule has 8 aliphatic rings. The largest absolute Gasteiger partial charge is 0.370 e. The van der Waals surface area contributed by atoms with Crippen molar-refractivity contribution in [1.29, 1.82) is 0 Å². The zero-order chi connectivity index (χ0) is 24.4. The maximum Gasteiger partial charge on any atom is 0.0844 e. The summed E-state index contributed by atoms with van der Waals surface area (Å²) in [6.45, 7) is 0. The van der Waals surface area contributed by atoms with Crippen molar-refractivity contribution in [1.82, 2.24) is 0 Å². The second-order valence-corrected chi connectivity index (χ2v) is 20.2. The predicted octanol–water partition coefficient (Wildman–Crippen LogP) is 7.27. The zero-order valence-electron chi connectivity index (χ0n) is 23.2. The van der Waals surface area contributed by atoms with Crippen molar-refractivity contribution in [2.24, 2.45) is 23.7 Å². The highest BCUT2D eigenvalue weighted by Gasteiger charge is 2.48. The topological polar surface area (TPSA) is 50.1 Å². The molecule has 8 rings (SSSR count). The highest BCUT2D eigenvalue weighted by Crippen LogP contribution is 2.49. The molecule has 4 saturated heterocycles. The number of fused-ring (bicyclic) bond motifs is 4. The van der Waals surface area contributed by atoms with Crippen LogP contribution in [0.3, 0.4) is 0 Å². The minimum atomic E-state index is -1.33. The van der Waals surface area contributed by atoms with E-state index in [0.29, 0.717) is 48.8 Å². The monoisotopic (exact) mass is 528 g/mol. The lowest BCUT2D eigenvalue weighted by Gasteiger charge is -2.38. The van der Waals surface area contributed by atoms with Gasteiger partial charge in [-0.15, -0.1) is 0 Å². The Kier molecular flexibility index (Phi) is 6.81. The summed E-state index contributed by atoms with van der Waals surface area (Å²) in [5.74, 6) is 3.82. The van der Waals surface area contributed by atoms with Crippen LogP contribution in [0.1, 0.15) is 103 Å². The molecule has 12 unspecified atom stereocenters. The molecule has 0 bridgehead atoms. The van der Waals surface area contributed by atoms with E-state index in [9.17, 15) is 0 Å². The molecule has 0 spiro atoms. The summed E-state index contributed by atoms with van der Waals surface area (Å²) in [5, 5.41) is 0. The number of hydrogen-bond donors (Lipinski definition) is 0. The lowest BCUT2D eigenvalue weighted by atomic mass is 9.87. The highest BCUT2D eigenvalue weighted by atomic mass is 28.3. The van der Waals surface area contributed by atoms with Gasteiger partial charge in [-0.2, -0.15) is 0 Å². The predicted molar refractivity (Wildman–Crippen MR) is 147 cm³/mol. The van der Waals surface area contributed by atoms with Crippen LogP contribution in [0.5, 0.6) is 0 Å². The Morgan fingerprint density at radius 1 is 0.351 bits per heavy atom. The van der Waals surface area contributed by atoms with Gasteiger partial charge in [-0.25, -0.2) is 0 Å². The SMILES string of the molecule is C1CC2OC2CC1CC[Si](CCC1CCC2OC2C1)(CCC1CCC2OC2C1)CCC1CCC2OC2C1. The Bertz CT molecular complexity index is 687. The van der Waals surface area contributed by atoms with Gasteiger partial charge in [0.05, 0.1) is 56.9 Å². The van der Waals surface area contributed by atoms with Gasteiger partial charge in [0.2, 0.25) is 0 Å². The Balaban J connectivity index is 0.949. The summed E-state index contributed by atoms with van der Waals surface area (Å²) in [4.78, 5) is 0. The smallest absolute Gasteiger partial charge is 0.0844 e. The first kappa shape index (κ1) is 24.8. The molecule has 4 heterocycles. The van der Waals surface area contributed by atoms with Crippen LogP contribution in [0, 0.1) is 23.7 Å². The van der Waals surface area contributed by atoms with E-state index in [1.807, 2.05) is 0 Å². The first-order chi connectivity index (χ1) is 18.2. The third-order valence-corrected chi connectivity index (χ3v) is 18.2. The van der Waals surface area contributed by atoms with E-state index < -0.39 is 8.07 Å². The van der Waals surface area contributed by atoms with Crippen LogP contribution in [-0.2, 0) is 18.9 Å². The van der Waals surface area contributed by atoms with E-state index in [1.165, 1.54) is 103 Å². The fourth-order valence-electron chi connectivity index (χ4n) is 9.79. The molecule has 0 aromatic heterocycles. The minimum absolute atomic E-state index is 0.644. The molecule has 0 N–H and O–H groups in total. The second-order valence-electron chi connectivity index (χ2n) is 15.2. The fraction of sp³-hybridized carbons (Fsp3) is 1.00. The molecular formula is C32H52O4Si. The zero-order valence-corrected chi connectivity index (χ0v) is 24.2. The van der Waals surface area contributed by atoms with E-state index in [-0.39, 0.29) is 0 Å².